The molecule has 1 aliphatic heterocycles. The maximum Gasteiger partial charge on any atom is 0.273 e. The highest BCUT2D eigenvalue weighted by Gasteiger charge is 2.42. The number of nitrogens with zero attached hydrogens (tertiary/aromatic N) is 2. The van der Waals surface area contributed by atoms with Crippen molar-refractivity contribution in [2.75, 3.05) is 0 Å². The van der Waals surface area contributed by atoms with E-state index in [1.54, 1.807) is 29.2 Å². The third-order valence-corrected chi connectivity index (χ3v) is 6.44. The lowest BCUT2D eigenvalue weighted by molar-refractivity contribution is 0.0730. The molecule has 1 aliphatic rings. The van der Waals surface area contributed by atoms with Gasteiger partial charge in [0.15, 0.2) is 0 Å². The summed E-state index contributed by atoms with van der Waals surface area (Å²) in [7, 11) is 0. The van der Waals surface area contributed by atoms with E-state index in [-0.39, 0.29) is 11.7 Å². The number of aryl methyl sites for hydroxylation is 1. The second-order valence-corrected chi connectivity index (χ2v) is 8.70. The number of aromatic hydroxyl groups is 1. The molecule has 1 amide bonds. The largest absolute Gasteiger partial charge is 0.507 e. The molecule has 1 aromatic heterocycles. The fourth-order valence-electron chi connectivity index (χ4n) is 4.19. The maximum absolute atomic E-state index is 13.4. The quantitative estimate of drug-likeness (QED) is 0.381. The molecule has 2 N–H and O–H groups in total. The van der Waals surface area contributed by atoms with Crippen LogP contribution in [0.5, 0.6) is 5.75 Å². The molecule has 5 rings (SSSR count). The highest BCUT2D eigenvalue weighted by Crippen LogP contribution is 2.46. The van der Waals surface area contributed by atoms with Crippen LogP contribution in [0.25, 0.3) is 11.3 Å². The standard InChI is InChI=1S/C25H19Cl2N3O2/c1-14-11-20(31)18(12-19(14)27)22-21-23(29-28-22)25(32)30(13-15-5-3-2-4-6-15)24(21)16-7-9-17(26)10-8-16/h2-12,24,31H,13H2,1H3,(H,28,29). The van der Waals surface area contributed by atoms with Crippen molar-refractivity contribution in [1.29, 1.82) is 0 Å². The molecule has 160 valence electrons. The monoisotopic (exact) mass is 463 g/mol. The molecule has 0 bridgehead atoms. The number of amides is 1. The van der Waals surface area contributed by atoms with Crippen LogP contribution >= 0.6 is 23.2 Å². The Labute approximate surface area is 195 Å². The first-order chi connectivity index (χ1) is 15.4. The first kappa shape index (κ1) is 20.6. The van der Waals surface area contributed by atoms with Crippen molar-refractivity contribution >= 4 is 29.1 Å². The predicted molar refractivity (Wildman–Crippen MR) is 125 cm³/mol. The van der Waals surface area contributed by atoms with Crippen molar-refractivity contribution in [2.24, 2.45) is 0 Å². The third kappa shape index (κ3) is 3.44. The number of hydrogen-bond acceptors (Lipinski definition) is 3. The smallest absolute Gasteiger partial charge is 0.273 e. The van der Waals surface area contributed by atoms with Crippen LogP contribution in [0.15, 0.2) is 66.7 Å². The number of hydrogen-bond donors (Lipinski definition) is 2. The Hall–Kier alpha value is -3.28. The van der Waals surface area contributed by atoms with Crippen LogP contribution in [-0.4, -0.2) is 26.1 Å². The molecule has 1 unspecified atom stereocenters. The number of H-pyrrole nitrogens is 1. The number of phenolic OH excluding ortho intramolecular Hbond substituents is 1. The van der Waals surface area contributed by atoms with Gasteiger partial charge in [-0.3, -0.25) is 9.89 Å². The summed E-state index contributed by atoms with van der Waals surface area (Å²) in [4.78, 5) is 15.2. The zero-order valence-electron chi connectivity index (χ0n) is 17.1. The number of rotatable bonds is 4. The molecule has 0 fully saturated rings. The number of nitrogens with one attached hydrogen (secondary N) is 1. The third-order valence-electron chi connectivity index (χ3n) is 5.78. The van der Waals surface area contributed by atoms with E-state index in [0.717, 1.165) is 16.7 Å². The van der Waals surface area contributed by atoms with E-state index in [0.29, 0.717) is 39.1 Å². The lowest BCUT2D eigenvalue weighted by Gasteiger charge is -2.26. The fourth-order valence-corrected chi connectivity index (χ4v) is 4.48. The molecule has 3 aromatic carbocycles. The minimum absolute atomic E-state index is 0.0602. The van der Waals surface area contributed by atoms with E-state index in [2.05, 4.69) is 10.2 Å². The van der Waals surface area contributed by atoms with Crippen LogP contribution in [-0.2, 0) is 6.54 Å². The van der Waals surface area contributed by atoms with Crippen molar-refractivity contribution < 1.29 is 9.90 Å². The highest BCUT2D eigenvalue weighted by atomic mass is 35.5. The molecular formula is C25H19Cl2N3O2. The Balaban J connectivity index is 1.68. The molecule has 0 saturated heterocycles. The average molecular weight is 464 g/mol. The summed E-state index contributed by atoms with van der Waals surface area (Å²) in [5, 5.41) is 19.1. The zero-order chi connectivity index (χ0) is 22.4. The van der Waals surface area contributed by atoms with Crippen molar-refractivity contribution in [3.8, 4) is 17.0 Å². The van der Waals surface area contributed by atoms with Gasteiger partial charge in [-0.1, -0.05) is 65.7 Å². The van der Waals surface area contributed by atoms with Crippen LogP contribution in [0.1, 0.15) is 38.8 Å². The van der Waals surface area contributed by atoms with E-state index in [9.17, 15) is 9.90 Å². The van der Waals surface area contributed by atoms with Crippen LogP contribution in [0, 0.1) is 6.92 Å². The summed E-state index contributed by atoms with van der Waals surface area (Å²) in [5.41, 5.74) is 4.78. The first-order valence-corrected chi connectivity index (χ1v) is 10.9. The lowest BCUT2D eigenvalue weighted by Crippen LogP contribution is -2.29. The minimum atomic E-state index is -0.400. The number of carbonyl (C=O) groups excluding carboxylic acids is 1. The van der Waals surface area contributed by atoms with Crippen LogP contribution < -0.4 is 0 Å². The maximum atomic E-state index is 13.4. The molecule has 0 radical (unpaired) electrons. The van der Waals surface area contributed by atoms with E-state index in [4.69, 9.17) is 23.2 Å². The Morgan fingerprint density at radius 1 is 1.06 bits per heavy atom. The number of benzene rings is 3. The molecule has 5 nitrogen and oxygen atoms in total. The molecule has 1 atom stereocenters. The van der Waals surface area contributed by atoms with Gasteiger partial charge in [0.2, 0.25) is 0 Å². The van der Waals surface area contributed by atoms with Crippen molar-refractivity contribution in [2.45, 2.75) is 19.5 Å². The summed E-state index contributed by atoms with van der Waals surface area (Å²) < 4.78 is 0. The number of fused-ring (bicyclic) bond motifs is 1. The number of carbonyl (C=O) groups is 1. The topological polar surface area (TPSA) is 69.2 Å². The van der Waals surface area contributed by atoms with E-state index < -0.39 is 6.04 Å². The van der Waals surface area contributed by atoms with Gasteiger partial charge in [-0.25, -0.2) is 0 Å². The summed E-state index contributed by atoms with van der Waals surface area (Å²) in [6.45, 7) is 2.25. The zero-order valence-corrected chi connectivity index (χ0v) is 18.7. The van der Waals surface area contributed by atoms with Gasteiger partial charge in [0.25, 0.3) is 5.91 Å². The average Bonchev–Trinajstić information content (AvgIpc) is 3.32. The molecule has 0 saturated carbocycles. The number of phenols is 1. The second kappa shape index (κ2) is 8.01. The fraction of sp³-hybridized carbons (Fsp3) is 0.120. The predicted octanol–water partition coefficient (Wildman–Crippen LogP) is 6.14. The number of aromatic nitrogens is 2. The van der Waals surface area contributed by atoms with Gasteiger partial charge < -0.3 is 10.0 Å². The molecule has 32 heavy (non-hydrogen) atoms. The second-order valence-electron chi connectivity index (χ2n) is 7.85. The molecule has 0 aliphatic carbocycles. The Bertz CT molecular complexity index is 1320. The van der Waals surface area contributed by atoms with E-state index >= 15 is 0 Å². The molecule has 4 aromatic rings. The minimum Gasteiger partial charge on any atom is -0.507 e. The summed E-state index contributed by atoms with van der Waals surface area (Å²) >= 11 is 12.5. The molecule has 0 spiro atoms. The normalized spacial score (nSPS) is 15.3. The first-order valence-electron chi connectivity index (χ1n) is 10.1. The van der Waals surface area contributed by atoms with Crippen molar-refractivity contribution in [3.05, 3.63) is 105 Å². The lowest BCUT2D eigenvalue weighted by atomic mass is 9.95. The van der Waals surface area contributed by atoms with Gasteiger partial charge in [0, 0.05) is 27.7 Å². The van der Waals surface area contributed by atoms with Gasteiger partial charge in [0.1, 0.15) is 17.1 Å². The van der Waals surface area contributed by atoms with E-state index in [1.807, 2.05) is 49.4 Å². The number of aromatic amines is 1. The molecule has 2 heterocycles. The van der Waals surface area contributed by atoms with Gasteiger partial charge in [0.05, 0.1) is 6.04 Å². The van der Waals surface area contributed by atoms with Gasteiger partial charge >= 0.3 is 0 Å². The Morgan fingerprint density at radius 2 is 1.78 bits per heavy atom. The van der Waals surface area contributed by atoms with Crippen LogP contribution in [0.3, 0.4) is 0 Å². The molecular weight excluding hydrogens is 445 g/mol. The van der Waals surface area contributed by atoms with Gasteiger partial charge in [-0.05, 0) is 47.9 Å². The molecule has 7 heteroatoms. The summed E-state index contributed by atoms with van der Waals surface area (Å²) in [5.74, 6) is -0.0923. The van der Waals surface area contributed by atoms with E-state index in [1.165, 1.54) is 0 Å². The van der Waals surface area contributed by atoms with Gasteiger partial charge in [-0.15, -0.1) is 0 Å². The Morgan fingerprint density at radius 3 is 2.50 bits per heavy atom. The highest BCUT2D eigenvalue weighted by molar-refractivity contribution is 6.31. The van der Waals surface area contributed by atoms with Gasteiger partial charge in [-0.2, -0.15) is 5.10 Å². The SMILES string of the molecule is Cc1cc(O)c(-c2n[nH]c3c2C(c2ccc(Cl)cc2)N(Cc2ccccc2)C3=O)cc1Cl. The van der Waals surface area contributed by atoms with Crippen molar-refractivity contribution in [3.63, 3.8) is 0 Å². The van der Waals surface area contributed by atoms with Crippen molar-refractivity contribution in [1.82, 2.24) is 15.1 Å². The van der Waals surface area contributed by atoms with Crippen LogP contribution in [0.4, 0.5) is 0 Å². The van der Waals surface area contributed by atoms with Crippen LogP contribution in [0.2, 0.25) is 10.0 Å². The Kier molecular flexibility index (Phi) is 5.16. The summed E-state index contributed by atoms with van der Waals surface area (Å²) in [6.07, 6.45) is 0. The number of halogens is 2. The summed E-state index contributed by atoms with van der Waals surface area (Å²) in [6, 6.07) is 20.1.